The maximum absolute atomic E-state index is 14.0. The second kappa shape index (κ2) is 8.70. The molecule has 3 heterocycles. The van der Waals surface area contributed by atoms with Crippen LogP contribution in [-0.2, 0) is 15.3 Å². The molecule has 182 valence electrons. The number of morpholine rings is 1. The fourth-order valence-corrected chi connectivity index (χ4v) is 4.36. The van der Waals surface area contributed by atoms with Crippen molar-refractivity contribution in [3.05, 3.63) is 83.1 Å². The first-order valence-electron chi connectivity index (χ1n) is 11.0. The van der Waals surface area contributed by atoms with E-state index < -0.39 is 24.0 Å². The number of aromatic nitrogens is 2. The van der Waals surface area contributed by atoms with Gasteiger partial charge in [-0.3, -0.25) is 0 Å². The molecule has 10 heteroatoms. The molecule has 1 aromatic heterocycles. The maximum Gasteiger partial charge on any atom is 0.260 e. The van der Waals surface area contributed by atoms with E-state index in [1.165, 1.54) is 0 Å². The van der Waals surface area contributed by atoms with Gasteiger partial charge in [0.15, 0.2) is 5.76 Å². The van der Waals surface area contributed by atoms with Gasteiger partial charge in [-0.15, -0.1) is 0 Å². The van der Waals surface area contributed by atoms with E-state index in [1.54, 1.807) is 24.4 Å². The Morgan fingerprint density at radius 2 is 2.00 bits per heavy atom. The third kappa shape index (κ3) is 3.99. The number of fused-ring (bicyclic) bond motifs is 1. The molecule has 0 unspecified atom stereocenters. The number of amidine groups is 1. The summed E-state index contributed by atoms with van der Waals surface area (Å²) in [7, 11) is 1.59. The van der Waals surface area contributed by atoms with Crippen molar-refractivity contribution >= 4 is 11.9 Å². The molecule has 2 aromatic carbocycles. The zero-order chi connectivity index (χ0) is 24.7. The standard InChI is InChI=1S/C25H24F2N4O4/c1-15-11-30(14-28-15)21-5-4-17(6-22(21)33-3)7-23-24-29-35-25(13-32,31(24)12-16(2)34-23)18-8-19(26)10-20(27)9-18/h4-11,14,16,32H,12-13H2,1-3H3/b23-7-/t16-,25+/m0/s1. The summed E-state index contributed by atoms with van der Waals surface area (Å²) in [4.78, 5) is 11.6. The first-order valence-corrected chi connectivity index (χ1v) is 11.0. The lowest BCUT2D eigenvalue weighted by molar-refractivity contribution is -0.146. The lowest BCUT2D eigenvalue weighted by atomic mass is 9.99. The van der Waals surface area contributed by atoms with Crippen LogP contribution in [-0.4, -0.2) is 51.8 Å². The minimum atomic E-state index is -1.57. The average molecular weight is 482 g/mol. The van der Waals surface area contributed by atoms with E-state index in [4.69, 9.17) is 14.3 Å². The minimum Gasteiger partial charge on any atom is -0.495 e. The zero-order valence-electron chi connectivity index (χ0n) is 19.4. The molecule has 2 atom stereocenters. The van der Waals surface area contributed by atoms with Gasteiger partial charge in [0, 0.05) is 17.8 Å². The van der Waals surface area contributed by atoms with Gasteiger partial charge in [-0.25, -0.2) is 13.8 Å². The maximum atomic E-state index is 14.0. The normalized spacial score (nSPS) is 22.5. The number of nitrogens with zero attached hydrogens (tertiary/aromatic N) is 4. The lowest BCUT2D eigenvalue weighted by Crippen LogP contribution is -2.54. The molecule has 2 aliphatic rings. The fraction of sp³-hybridized carbons (Fsp3) is 0.280. The van der Waals surface area contributed by atoms with Crippen LogP contribution in [0.2, 0.25) is 0 Å². The number of aryl methyl sites for hydroxylation is 1. The van der Waals surface area contributed by atoms with Crippen molar-refractivity contribution in [3.8, 4) is 11.4 Å². The molecule has 1 saturated heterocycles. The molecule has 1 N–H and O–H groups in total. The summed E-state index contributed by atoms with van der Waals surface area (Å²) < 4.78 is 41.5. The molecule has 1 fully saturated rings. The number of halogens is 2. The van der Waals surface area contributed by atoms with Gasteiger partial charge in [-0.05, 0) is 49.8 Å². The minimum absolute atomic E-state index is 0.117. The SMILES string of the molecule is COc1cc(/C=C2\O[C@@H](C)CN3C2=NO[C@]3(CO)c2cc(F)cc(F)c2)ccc1-n1cnc(C)c1. The van der Waals surface area contributed by atoms with Crippen LogP contribution < -0.4 is 4.74 Å². The number of benzene rings is 2. The highest BCUT2D eigenvalue weighted by Crippen LogP contribution is 2.40. The third-order valence-corrected chi connectivity index (χ3v) is 5.98. The van der Waals surface area contributed by atoms with Crippen molar-refractivity contribution in [2.45, 2.75) is 25.7 Å². The highest BCUT2D eigenvalue weighted by Gasteiger charge is 2.51. The fourth-order valence-electron chi connectivity index (χ4n) is 4.36. The lowest BCUT2D eigenvalue weighted by Gasteiger charge is -2.40. The summed E-state index contributed by atoms with van der Waals surface area (Å²) in [5.41, 5.74) is 1.02. The monoisotopic (exact) mass is 482 g/mol. The Balaban J connectivity index is 1.51. The average Bonchev–Trinajstić information content (AvgIpc) is 3.42. The van der Waals surface area contributed by atoms with E-state index in [9.17, 15) is 13.9 Å². The first-order chi connectivity index (χ1) is 16.8. The molecule has 8 nitrogen and oxygen atoms in total. The molecule has 3 aromatic rings. The van der Waals surface area contributed by atoms with Gasteiger partial charge in [-0.1, -0.05) is 11.2 Å². The van der Waals surface area contributed by atoms with Gasteiger partial charge >= 0.3 is 0 Å². The van der Waals surface area contributed by atoms with Crippen molar-refractivity contribution in [1.82, 2.24) is 14.5 Å². The number of aliphatic hydroxyl groups excluding tert-OH is 1. The number of hydrogen-bond donors (Lipinski definition) is 1. The van der Waals surface area contributed by atoms with E-state index in [0.29, 0.717) is 17.3 Å². The topological polar surface area (TPSA) is 81.3 Å². The highest BCUT2D eigenvalue weighted by molar-refractivity contribution is 6.01. The van der Waals surface area contributed by atoms with E-state index in [2.05, 4.69) is 10.1 Å². The summed E-state index contributed by atoms with van der Waals surface area (Å²) in [6.07, 6.45) is 5.06. The van der Waals surface area contributed by atoms with Crippen molar-refractivity contribution in [1.29, 1.82) is 0 Å². The van der Waals surface area contributed by atoms with Crippen LogP contribution in [0.3, 0.4) is 0 Å². The predicted octanol–water partition coefficient (Wildman–Crippen LogP) is 3.72. The van der Waals surface area contributed by atoms with Crippen LogP contribution >= 0.6 is 0 Å². The first kappa shape index (κ1) is 22.9. The number of imidazole rings is 1. The van der Waals surface area contributed by atoms with Gasteiger partial charge in [0.1, 0.15) is 30.1 Å². The molecule has 0 amide bonds. The molecule has 5 rings (SSSR count). The van der Waals surface area contributed by atoms with Gasteiger partial charge in [0.25, 0.3) is 5.72 Å². The summed E-state index contributed by atoms with van der Waals surface area (Å²) in [6, 6.07) is 8.66. The zero-order valence-corrected chi connectivity index (χ0v) is 19.4. The molecule has 0 aliphatic carbocycles. The molecule has 0 saturated carbocycles. The van der Waals surface area contributed by atoms with E-state index in [1.807, 2.05) is 42.8 Å². The smallest absolute Gasteiger partial charge is 0.260 e. The summed E-state index contributed by atoms with van der Waals surface area (Å²) in [6.45, 7) is 3.47. The molecule has 2 aliphatic heterocycles. The Bertz CT molecular complexity index is 1320. The van der Waals surface area contributed by atoms with Crippen LogP contribution in [0.15, 0.2) is 59.8 Å². The van der Waals surface area contributed by atoms with Gasteiger partial charge in [-0.2, -0.15) is 0 Å². The van der Waals surface area contributed by atoms with Gasteiger partial charge < -0.3 is 28.9 Å². The Morgan fingerprint density at radius 1 is 1.23 bits per heavy atom. The van der Waals surface area contributed by atoms with Crippen molar-refractivity contribution in [3.63, 3.8) is 0 Å². The Morgan fingerprint density at radius 3 is 2.66 bits per heavy atom. The second-order valence-electron chi connectivity index (χ2n) is 8.51. The van der Waals surface area contributed by atoms with Crippen molar-refractivity contribution in [2.24, 2.45) is 5.16 Å². The van der Waals surface area contributed by atoms with E-state index >= 15 is 0 Å². The summed E-state index contributed by atoms with van der Waals surface area (Å²) in [5.74, 6) is -0.217. The number of hydrogen-bond acceptors (Lipinski definition) is 7. The van der Waals surface area contributed by atoms with Crippen LogP contribution in [0, 0.1) is 18.6 Å². The molecular weight excluding hydrogens is 458 g/mol. The van der Waals surface area contributed by atoms with Crippen molar-refractivity contribution in [2.75, 3.05) is 20.3 Å². The number of aliphatic hydroxyl groups is 1. The number of methoxy groups -OCH3 is 1. The number of rotatable bonds is 5. The summed E-state index contributed by atoms with van der Waals surface area (Å²) in [5, 5.41) is 14.4. The van der Waals surface area contributed by atoms with Crippen LogP contribution in [0.25, 0.3) is 11.8 Å². The Kier molecular flexibility index (Phi) is 5.68. The molecular formula is C25H24F2N4O4. The number of oxime groups is 1. The second-order valence-corrected chi connectivity index (χ2v) is 8.51. The van der Waals surface area contributed by atoms with Crippen LogP contribution in [0.1, 0.15) is 23.7 Å². The third-order valence-electron chi connectivity index (χ3n) is 5.98. The quantitative estimate of drug-likeness (QED) is 0.597. The molecule has 0 radical (unpaired) electrons. The van der Waals surface area contributed by atoms with E-state index in [0.717, 1.165) is 35.1 Å². The number of ether oxygens (including phenoxy) is 2. The molecule has 0 bridgehead atoms. The molecule has 35 heavy (non-hydrogen) atoms. The van der Waals surface area contributed by atoms with Crippen LogP contribution in [0.5, 0.6) is 5.75 Å². The largest absolute Gasteiger partial charge is 0.495 e. The van der Waals surface area contributed by atoms with Crippen molar-refractivity contribution < 1.29 is 28.2 Å². The highest BCUT2D eigenvalue weighted by atomic mass is 19.1. The van der Waals surface area contributed by atoms with Gasteiger partial charge in [0.2, 0.25) is 5.84 Å². The van der Waals surface area contributed by atoms with Crippen LogP contribution in [0.4, 0.5) is 8.78 Å². The molecule has 0 spiro atoms. The summed E-state index contributed by atoms with van der Waals surface area (Å²) >= 11 is 0. The Labute approximate surface area is 200 Å². The Hall–Kier alpha value is -3.92. The van der Waals surface area contributed by atoms with E-state index in [-0.39, 0.29) is 18.2 Å². The van der Waals surface area contributed by atoms with Gasteiger partial charge in [0.05, 0.1) is 31.4 Å². The predicted molar refractivity (Wildman–Crippen MR) is 124 cm³/mol.